The van der Waals surface area contributed by atoms with Crippen molar-refractivity contribution >= 4 is 44.5 Å². The Bertz CT molecular complexity index is 1670. The van der Waals surface area contributed by atoms with Crippen molar-refractivity contribution in [3.63, 3.8) is 0 Å². The van der Waals surface area contributed by atoms with Crippen LogP contribution in [0.25, 0.3) is 11.0 Å². The molecule has 0 bridgehead atoms. The Morgan fingerprint density at radius 2 is 1.63 bits per heavy atom. The van der Waals surface area contributed by atoms with E-state index in [9.17, 15) is 14.4 Å². The maximum Gasteiger partial charge on any atom is 0.338 e. The van der Waals surface area contributed by atoms with Crippen LogP contribution >= 0.6 is 15.9 Å². The number of ether oxygens (including phenoxy) is 4. The summed E-state index contributed by atoms with van der Waals surface area (Å²) in [6, 6.07) is 14.0. The smallest absolute Gasteiger partial charge is 0.338 e. The Kier molecular flexibility index (Phi) is 8.03. The quantitative estimate of drug-likeness (QED) is 0.159. The molecule has 4 aromatic rings. The van der Waals surface area contributed by atoms with E-state index < -0.39 is 17.9 Å². The zero-order chi connectivity index (χ0) is 29.3. The van der Waals surface area contributed by atoms with Crippen molar-refractivity contribution in [1.82, 2.24) is 0 Å². The normalized spacial score (nSPS) is 14.2. The first kappa shape index (κ1) is 28.2. The number of nitrogens with zero attached hydrogens (tertiary/aromatic N) is 1. The third-order valence-electron chi connectivity index (χ3n) is 6.95. The molecule has 0 aliphatic carbocycles. The summed E-state index contributed by atoms with van der Waals surface area (Å²) in [5.74, 6) is 0.0818. The number of hydrogen-bond acceptors (Lipinski definition) is 8. The van der Waals surface area contributed by atoms with Crippen LogP contribution in [0.1, 0.15) is 57.8 Å². The lowest BCUT2D eigenvalue weighted by Gasteiger charge is -2.26. The summed E-state index contributed by atoms with van der Waals surface area (Å²) in [7, 11) is 4.47. The highest BCUT2D eigenvalue weighted by atomic mass is 79.9. The third kappa shape index (κ3) is 5.04. The van der Waals surface area contributed by atoms with E-state index in [0.717, 1.165) is 12.8 Å². The number of methoxy groups -OCH3 is 3. The van der Waals surface area contributed by atoms with Gasteiger partial charge in [-0.3, -0.25) is 14.5 Å². The fourth-order valence-electron chi connectivity index (χ4n) is 4.94. The van der Waals surface area contributed by atoms with Crippen molar-refractivity contribution in [2.24, 2.45) is 0 Å². The molecular formula is C31H28BrNO8. The number of carbonyl (C=O) groups excluding carboxylic acids is 2. The predicted molar refractivity (Wildman–Crippen MR) is 157 cm³/mol. The van der Waals surface area contributed by atoms with Crippen LogP contribution in [0.3, 0.4) is 0 Å². The number of fused-ring (bicyclic) bond motifs is 2. The van der Waals surface area contributed by atoms with Gasteiger partial charge >= 0.3 is 5.97 Å². The standard InChI is InChI=1S/C31H28BrNO8/c1-5-6-13-40-31(36)17-7-10-20(11-8-17)33-26(18-14-23(37-2)28(39-4)24(15-18)38-3)25-27(34)21-16-19(32)9-12-22(21)41-29(25)30(33)35/h7-12,14-16,26H,5-6,13H2,1-4H3. The minimum Gasteiger partial charge on any atom is -0.493 e. The highest BCUT2D eigenvalue weighted by Crippen LogP contribution is 2.46. The summed E-state index contributed by atoms with van der Waals surface area (Å²) in [5.41, 5.74) is 1.47. The van der Waals surface area contributed by atoms with E-state index in [0.29, 0.717) is 56.1 Å². The number of amides is 1. The van der Waals surface area contributed by atoms with Gasteiger partial charge in [0.2, 0.25) is 11.5 Å². The zero-order valence-electron chi connectivity index (χ0n) is 23.0. The lowest BCUT2D eigenvalue weighted by molar-refractivity contribution is 0.0499. The molecule has 3 aromatic carbocycles. The van der Waals surface area contributed by atoms with Crippen molar-refractivity contribution in [2.45, 2.75) is 25.8 Å². The Hall–Kier alpha value is -4.31. The van der Waals surface area contributed by atoms with Crippen LogP contribution in [-0.4, -0.2) is 39.8 Å². The van der Waals surface area contributed by atoms with Crippen LogP contribution in [-0.2, 0) is 4.74 Å². The molecular weight excluding hydrogens is 594 g/mol. The molecule has 1 amide bonds. The number of anilines is 1. The molecule has 0 N–H and O–H groups in total. The van der Waals surface area contributed by atoms with Crippen LogP contribution in [0.15, 0.2) is 68.3 Å². The second-order valence-electron chi connectivity index (χ2n) is 9.39. The van der Waals surface area contributed by atoms with Crippen LogP contribution in [0.5, 0.6) is 17.2 Å². The third-order valence-corrected chi connectivity index (χ3v) is 7.44. The van der Waals surface area contributed by atoms with Crippen molar-refractivity contribution in [3.8, 4) is 17.2 Å². The molecule has 0 radical (unpaired) electrons. The molecule has 0 saturated heterocycles. The van der Waals surface area contributed by atoms with E-state index in [1.165, 1.54) is 26.2 Å². The van der Waals surface area contributed by atoms with Crippen molar-refractivity contribution in [2.75, 3.05) is 32.8 Å². The van der Waals surface area contributed by atoms with Gasteiger partial charge < -0.3 is 23.4 Å². The number of hydrogen-bond donors (Lipinski definition) is 0. The van der Waals surface area contributed by atoms with E-state index in [1.54, 1.807) is 54.6 Å². The molecule has 41 heavy (non-hydrogen) atoms. The van der Waals surface area contributed by atoms with Crippen molar-refractivity contribution < 1.29 is 33.0 Å². The maximum atomic E-state index is 14.0. The van der Waals surface area contributed by atoms with E-state index in [-0.39, 0.29) is 16.8 Å². The summed E-state index contributed by atoms with van der Waals surface area (Å²) in [6.07, 6.45) is 1.68. The minimum atomic E-state index is -0.895. The molecule has 5 rings (SSSR count). The first-order valence-electron chi connectivity index (χ1n) is 13.0. The number of benzene rings is 3. The molecule has 1 aliphatic rings. The van der Waals surface area contributed by atoms with E-state index in [2.05, 4.69) is 15.9 Å². The summed E-state index contributed by atoms with van der Waals surface area (Å²) >= 11 is 3.42. The van der Waals surface area contributed by atoms with Gasteiger partial charge in [-0.25, -0.2) is 4.79 Å². The summed E-state index contributed by atoms with van der Waals surface area (Å²) in [6.45, 7) is 2.34. The number of halogens is 1. The van der Waals surface area contributed by atoms with Gasteiger partial charge in [-0.05, 0) is 66.6 Å². The highest BCUT2D eigenvalue weighted by Gasteiger charge is 2.44. The molecule has 1 atom stereocenters. The van der Waals surface area contributed by atoms with Gasteiger partial charge in [0, 0.05) is 10.2 Å². The summed E-state index contributed by atoms with van der Waals surface area (Å²) in [5, 5.41) is 0.329. The minimum absolute atomic E-state index is 0.0633. The number of unbranched alkanes of at least 4 members (excludes halogenated alkanes) is 1. The molecule has 1 aromatic heterocycles. The Labute approximate surface area is 244 Å². The van der Waals surface area contributed by atoms with Gasteiger partial charge in [-0.15, -0.1) is 0 Å². The molecule has 2 heterocycles. The zero-order valence-corrected chi connectivity index (χ0v) is 24.6. The van der Waals surface area contributed by atoms with E-state index >= 15 is 0 Å². The average molecular weight is 622 g/mol. The van der Waals surface area contributed by atoms with Gasteiger partial charge in [0.25, 0.3) is 5.91 Å². The molecule has 0 saturated carbocycles. The Balaban J connectivity index is 1.69. The van der Waals surface area contributed by atoms with Crippen LogP contribution in [0, 0.1) is 0 Å². The number of carbonyl (C=O) groups is 2. The van der Waals surface area contributed by atoms with Gasteiger partial charge in [-0.2, -0.15) is 0 Å². The molecule has 0 fully saturated rings. The lowest BCUT2D eigenvalue weighted by Crippen LogP contribution is -2.29. The Morgan fingerprint density at radius 1 is 0.951 bits per heavy atom. The second kappa shape index (κ2) is 11.7. The van der Waals surface area contributed by atoms with Crippen LogP contribution in [0.2, 0.25) is 0 Å². The first-order valence-corrected chi connectivity index (χ1v) is 13.8. The SMILES string of the molecule is CCCCOC(=O)c1ccc(N2C(=O)c3oc4ccc(Br)cc4c(=O)c3C2c2cc(OC)c(OC)c(OC)c2)cc1. The van der Waals surface area contributed by atoms with E-state index in [4.69, 9.17) is 23.4 Å². The van der Waals surface area contributed by atoms with Crippen molar-refractivity contribution in [1.29, 1.82) is 0 Å². The second-order valence-corrected chi connectivity index (χ2v) is 10.3. The van der Waals surface area contributed by atoms with Gasteiger partial charge in [0.05, 0.1) is 50.5 Å². The molecule has 10 heteroatoms. The molecule has 212 valence electrons. The summed E-state index contributed by atoms with van der Waals surface area (Å²) in [4.78, 5) is 41.9. The fourth-order valence-corrected chi connectivity index (χ4v) is 5.30. The molecule has 1 unspecified atom stereocenters. The van der Waals surface area contributed by atoms with Crippen molar-refractivity contribution in [3.05, 3.63) is 91.7 Å². The fraction of sp³-hybridized carbons (Fsp3) is 0.258. The van der Waals surface area contributed by atoms with Crippen LogP contribution < -0.4 is 24.5 Å². The molecule has 1 aliphatic heterocycles. The molecule has 0 spiro atoms. The largest absolute Gasteiger partial charge is 0.493 e. The van der Waals surface area contributed by atoms with E-state index in [1.807, 2.05) is 6.92 Å². The van der Waals surface area contributed by atoms with Gasteiger partial charge in [-0.1, -0.05) is 29.3 Å². The van der Waals surface area contributed by atoms with Gasteiger partial charge in [0.15, 0.2) is 16.9 Å². The van der Waals surface area contributed by atoms with Crippen LogP contribution in [0.4, 0.5) is 5.69 Å². The summed E-state index contributed by atoms with van der Waals surface area (Å²) < 4.78 is 28.7. The maximum absolute atomic E-state index is 14.0. The Morgan fingerprint density at radius 3 is 2.24 bits per heavy atom. The monoisotopic (exact) mass is 621 g/mol. The lowest BCUT2D eigenvalue weighted by atomic mass is 9.97. The molecule has 9 nitrogen and oxygen atoms in total. The number of esters is 1. The highest BCUT2D eigenvalue weighted by molar-refractivity contribution is 9.10. The predicted octanol–water partition coefficient (Wildman–Crippen LogP) is 6.29. The average Bonchev–Trinajstić information content (AvgIpc) is 3.28. The first-order chi connectivity index (χ1) is 19.8. The number of rotatable bonds is 9. The van der Waals surface area contributed by atoms with Gasteiger partial charge in [0.1, 0.15) is 5.58 Å². The topological polar surface area (TPSA) is 105 Å².